The topological polar surface area (TPSA) is 71.0 Å². The van der Waals surface area contributed by atoms with Crippen LogP contribution in [0.2, 0.25) is 0 Å². The summed E-state index contributed by atoms with van der Waals surface area (Å²) in [7, 11) is 3.88. The molecule has 0 unspecified atom stereocenters. The Kier molecular flexibility index (Phi) is 5.27. The number of thioether (sulfide) groups is 1. The molecule has 1 aromatic carbocycles. The first kappa shape index (κ1) is 16.7. The van der Waals surface area contributed by atoms with Crippen molar-refractivity contribution in [1.82, 2.24) is 20.3 Å². The van der Waals surface area contributed by atoms with Crippen molar-refractivity contribution < 1.29 is 4.79 Å². The summed E-state index contributed by atoms with van der Waals surface area (Å²) in [6, 6.07) is 9.85. The van der Waals surface area contributed by atoms with E-state index in [0.717, 1.165) is 20.4 Å². The minimum absolute atomic E-state index is 0.0204. The molecule has 24 heavy (non-hydrogen) atoms. The van der Waals surface area contributed by atoms with Crippen molar-refractivity contribution in [3.63, 3.8) is 0 Å². The van der Waals surface area contributed by atoms with E-state index in [2.05, 4.69) is 20.3 Å². The van der Waals surface area contributed by atoms with Crippen LogP contribution in [0.1, 0.15) is 5.56 Å². The average molecular weight is 359 g/mol. The molecule has 0 saturated heterocycles. The maximum absolute atomic E-state index is 12.0. The van der Waals surface area contributed by atoms with Gasteiger partial charge in [0.15, 0.2) is 10.8 Å². The molecule has 6 nitrogen and oxygen atoms in total. The number of fused-ring (bicyclic) bond motifs is 1. The predicted octanol–water partition coefficient (Wildman–Crippen LogP) is 2.56. The van der Waals surface area contributed by atoms with Gasteiger partial charge in [0, 0.05) is 20.6 Å². The van der Waals surface area contributed by atoms with Crippen LogP contribution in [0.3, 0.4) is 0 Å². The van der Waals surface area contributed by atoms with Gasteiger partial charge in [-0.1, -0.05) is 53.4 Å². The lowest BCUT2D eigenvalue weighted by Crippen LogP contribution is -2.24. The lowest BCUT2D eigenvalue weighted by atomic mass is 10.2. The monoisotopic (exact) mass is 359 g/mol. The largest absolute Gasteiger partial charge is 0.354 e. The molecule has 1 amide bonds. The second kappa shape index (κ2) is 7.59. The SMILES string of the molecule is CN(C)c1nc2ncnc(SCC(=O)NCc3ccccc3)c2s1. The maximum Gasteiger partial charge on any atom is 0.230 e. The number of nitrogens with one attached hydrogen (secondary N) is 1. The molecule has 124 valence electrons. The minimum atomic E-state index is -0.0204. The van der Waals surface area contributed by atoms with Crippen LogP contribution in [-0.4, -0.2) is 40.7 Å². The number of nitrogens with zero attached hydrogens (tertiary/aromatic N) is 4. The predicted molar refractivity (Wildman–Crippen MR) is 98.5 cm³/mol. The Morgan fingerprint density at radius 3 is 2.79 bits per heavy atom. The van der Waals surface area contributed by atoms with Gasteiger partial charge in [-0.25, -0.2) is 9.97 Å². The molecule has 1 N–H and O–H groups in total. The summed E-state index contributed by atoms with van der Waals surface area (Å²) >= 11 is 2.94. The first-order valence-corrected chi connectivity index (χ1v) is 9.16. The van der Waals surface area contributed by atoms with Gasteiger partial charge in [0.25, 0.3) is 0 Å². The maximum atomic E-state index is 12.0. The van der Waals surface area contributed by atoms with E-state index in [1.165, 1.54) is 29.4 Å². The van der Waals surface area contributed by atoms with E-state index in [1.807, 2.05) is 49.3 Å². The lowest BCUT2D eigenvalue weighted by Gasteiger charge is -2.05. The fourth-order valence-corrected chi connectivity index (χ4v) is 3.84. The molecule has 3 aromatic rings. The molecule has 0 bridgehead atoms. The first-order valence-electron chi connectivity index (χ1n) is 7.36. The number of anilines is 1. The van der Waals surface area contributed by atoms with E-state index < -0.39 is 0 Å². The van der Waals surface area contributed by atoms with Gasteiger partial charge >= 0.3 is 0 Å². The van der Waals surface area contributed by atoms with Crippen molar-refractivity contribution in [3.05, 3.63) is 42.2 Å². The minimum Gasteiger partial charge on any atom is -0.354 e. The molecular formula is C16H17N5OS2. The number of carbonyl (C=O) groups excluding carboxylic acids is 1. The molecule has 0 aliphatic heterocycles. The van der Waals surface area contributed by atoms with E-state index >= 15 is 0 Å². The zero-order valence-corrected chi connectivity index (χ0v) is 15.0. The van der Waals surface area contributed by atoms with E-state index in [1.54, 1.807) is 0 Å². The molecule has 0 saturated carbocycles. The highest BCUT2D eigenvalue weighted by molar-refractivity contribution is 8.00. The third kappa shape index (κ3) is 4.01. The van der Waals surface area contributed by atoms with Gasteiger partial charge in [-0.3, -0.25) is 4.79 Å². The van der Waals surface area contributed by atoms with Crippen molar-refractivity contribution >= 4 is 44.5 Å². The Morgan fingerprint density at radius 2 is 2.04 bits per heavy atom. The molecule has 0 aliphatic rings. The molecule has 0 spiro atoms. The van der Waals surface area contributed by atoms with Gasteiger partial charge in [-0.15, -0.1) is 0 Å². The Morgan fingerprint density at radius 1 is 1.25 bits per heavy atom. The Balaban J connectivity index is 1.62. The molecule has 8 heteroatoms. The van der Waals surface area contributed by atoms with Crippen LogP contribution >= 0.6 is 23.1 Å². The van der Waals surface area contributed by atoms with Crippen molar-refractivity contribution in [2.75, 3.05) is 24.7 Å². The summed E-state index contributed by atoms with van der Waals surface area (Å²) in [6.45, 7) is 0.532. The van der Waals surface area contributed by atoms with E-state index in [9.17, 15) is 4.79 Å². The lowest BCUT2D eigenvalue weighted by molar-refractivity contribution is -0.118. The number of rotatable bonds is 6. The molecule has 0 radical (unpaired) electrons. The zero-order chi connectivity index (χ0) is 16.9. The van der Waals surface area contributed by atoms with E-state index in [-0.39, 0.29) is 5.91 Å². The van der Waals surface area contributed by atoms with Crippen LogP contribution in [0.25, 0.3) is 10.3 Å². The highest BCUT2D eigenvalue weighted by Crippen LogP contribution is 2.32. The summed E-state index contributed by atoms with van der Waals surface area (Å²) < 4.78 is 0.919. The highest BCUT2D eigenvalue weighted by atomic mass is 32.2. The number of aromatic nitrogens is 3. The summed E-state index contributed by atoms with van der Waals surface area (Å²) in [5, 5.41) is 4.58. The van der Waals surface area contributed by atoms with Crippen molar-refractivity contribution in [1.29, 1.82) is 0 Å². The van der Waals surface area contributed by atoms with Crippen molar-refractivity contribution in [2.24, 2.45) is 0 Å². The molecule has 3 rings (SSSR count). The Bertz CT molecular complexity index is 835. The van der Waals surface area contributed by atoms with Crippen LogP contribution in [0.15, 0.2) is 41.7 Å². The smallest absolute Gasteiger partial charge is 0.230 e. The number of amides is 1. The average Bonchev–Trinajstić information content (AvgIpc) is 3.04. The van der Waals surface area contributed by atoms with E-state index in [4.69, 9.17) is 0 Å². The summed E-state index contributed by atoms with van der Waals surface area (Å²) in [4.78, 5) is 26.9. The number of thiazole rings is 1. The molecule has 0 aliphatic carbocycles. The molecular weight excluding hydrogens is 342 g/mol. The fourth-order valence-electron chi connectivity index (χ4n) is 2.00. The summed E-state index contributed by atoms with van der Waals surface area (Å²) in [5.41, 5.74) is 1.75. The van der Waals surface area contributed by atoms with Gasteiger partial charge in [-0.2, -0.15) is 4.98 Å². The summed E-state index contributed by atoms with van der Waals surface area (Å²) in [5.74, 6) is 0.293. The van der Waals surface area contributed by atoms with Gasteiger partial charge in [0.05, 0.1) is 5.75 Å². The van der Waals surface area contributed by atoms with Crippen LogP contribution < -0.4 is 10.2 Å². The van der Waals surface area contributed by atoms with Crippen molar-refractivity contribution in [2.45, 2.75) is 11.6 Å². The third-order valence-corrected chi connectivity index (χ3v) is 5.54. The third-order valence-electron chi connectivity index (χ3n) is 3.20. The number of benzene rings is 1. The van der Waals surface area contributed by atoms with Crippen LogP contribution in [0.4, 0.5) is 5.13 Å². The second-order valence-corrected chi connectivity index (χ2v) is 7.21. The first-order chi connectivity index (χ1) is 11.6. The van der Waals surface area contributed by atoms with Gasteiger partial charge < -0.3 is 10.2 Å². The molecule has 2 heterocycles. The number of hydrogen-bond acceptors (Lipinski definition) is 7. The van der Waals surface area contributed by atoms with Crippen molar-refractivity contribution in [3.8, 4) is 0 Å². The van der Waals surface area contributed by atoms with Gasteiger partial charge in [0.1, 0.15) is 16.1 Å². The Hall–Kier alpha value is -2.19. The Labute approximate surface area is 148 Å². The van der Waals surface area contributed by atoms with Crippen LogP contribution in [0.5, 0.6) is 0 Å². The molecule has 0 fully saturated rings. The van der Waals surface area contributed by atoms with Gasteiger partial charge in [-0.05, 0) is 5.56 Å². The number of carbonyl (C=O) groups is 1. The highest BCUT2D eigenvalue weighted by Gasteiger charge is 2.13. The van der Waals surface area contributed by atoms with Gasteiger partial charge in [0.2, 0.25) is 5.91 Å². The summed E-state index contributed by atoms with van der Waals surface area (Å²) in [6.07, 6.45) is 1.49. The fraction of sp³-hybridized carbons (Fsp3) is 0.250. The van der Waals surface area contributed by atoms with E-state index in [0.29, 0.717) is 17.9 Å². The molecule has 2 aromatic heterocycles. The second-order valence-electron chi connectivity index (χ2n) is 5.27. The molecule has 0 atom stereocenters. The normalized spacial score (nSPS) is 10.8. The van der Waals surface area contributed by atoms with Crippen LogP contribution in [-0.2, 0) is 11.3 Å². The quantitative estimate of drug-likeness (QED) is 0.539. The zero-order valence-electron chi connectivity index (χ0n) is 13.4. The number of hydrogen-bond donors (Lipinski definition) is 1. The van der Waals surface area contributed by atoms with Crippen LogP contribution in [0, 0.1) is 0 Å². The standard InChI is InChI=1S/C16H17N5OS2/c1-21(2)16-20-14-13(24-16)15(19-10-18-14)23-9-12(22)17-8-11-6-4-3-5-7-11/h3-7,10H,8-9H2,1-2H3,(H,17,22).